The molecule has 0 aromatic heterocycles. The number of amidine groups is 1. The molecule has 1 aliphatic rings. The van der Waals surface area contributed by atoms with Gasteiger partial charge in [0.25, 0.3) is 0 Å². The van der Waals surface area contributed by atoms with Gasteiger partial charge in [-0.2, -0.15) is 0 Å². The Morgan fingerprint density at radius 3 is 2.44 bits per heavy atom. The lowest BCUT2D eigenvalue weighted by atomic mass is 9.85. The minimum Gasteiger partial charge on any atom is -0.372 e. The minimum absolute atomic E-state index is 0.265. The third kappa shape index (κ3) is 4.54. The van der Waals surface area contributed by atoms with Crippen molar-refractivity contribution in [1.29, 1.82) is 0 Å². The molecule has 1 N–H and O–H groups in total. The van der Waals surface area contributed by atoms with Gasteiger partial charge in [0.1, 0.15) is 5.84 Å². The van der Waals surface area contributed by atoms with E-state index in [1.54, 1.807) is 0 Å². The second-order valence-electron chi connectivity index (χ2n) is 5.56. The summed E-state index contributed by atoms with van der Waals surface area (Å²) in [5, 5.41) is 3.41. The van der Waals surface area contributed by atoms with Crippen LogP contribution >= 0.6 is 0 Å². The molecule has 0 saturated carbocycles. The van der Waals surface area contributed by atoms with Gasteiger partial charge in [-0.25, -0.2) is 0 Å². The van der Waals surface area contributed by atoms with Gasteiger partial charge >= 0.3 is 0 Å². The third-order valence-electron chi connectivity index (χ3n) is 3.47. The lowest BCUT2D eigenvalue weighted by molar-refractivity contribution is 0.431. The highest BCUT2D eigenvalue weighted by Crippen LogP contribution is 2.26. The van der Waals surface area contributed by atoms with Crippen LogP contribution in [-0.2, 0) is 0 Å². The van der Waals surface area contributed by atoms with E-state index in [2.05, 4.69) is 31.1 Å². The number of hydrogen-bond donors (Lipinski definition) is 1. The standard InChI is InChI=1S/C14H28N2/c1-4-5-6-7-8-9-10-14(2,3)13-15-11-12-16-13/h4-12H2,1-3H3,(H,15,16). The van der Waals surface area contributed by atoms with E-state index in [9.17, 15) is 0 Å². The van der Waals surface area contributed by atoms with Gasteiger partial charge in [-0.05, 0) is 6.42 Å². The normalized spacial score (nSPS) is 16.1. The number of nitrogens with zero attached hydrogens (tertiary/aromatic N) is 1. The van der Waals surface area contributed by atoms with E-state index in [1.165, 1.54) is 50.8 Å². The molecule has 0 aromatic rings. The first kappa shape index (κ1) is 13.5. The fourth-order valence-corrected chi connectivity index (χ4v) is 2.32. The second kappa shape index (κ2) is 6.93. The predicted molar refractivity (Wildman–Crippen MR) is 72.1 cm³/mol. The molecular formula is C14H28N2. The molecule has 0 radical (unpaired) electrons. The molecular weight excluding hydrogens is 196 g/mol. The largest absolute Gasteiger partial charge is 0.372 e. The van der Waals surface area contributed by atoms with Crippen molar-refractivity contribution in [2.75, 3.05) is 13.1 Å². The number of unbranched alkanes of at least 4 members (excludes halogenated alkanes) is 5. The van der Waals surface area contributed by atoms with Gasteiger partial charge < -0.3 is 5.32 Å². The Bertz CT molecular complexity index is 219. The summed E-state index contributed by atoms with van der Waals surface area (Å²) in [6.45, 7) is 8.91. The second-order valence-corrected chi connectivity index (χ2v) is 5.56. The van der Waals surface area contributed by atoms with Crippen molar-refractivity contribution in [3.63, 3.8) is 0 Å². The Morgan fingerprint density at radius 1 is 1.12 bits per heavy atom. The van der Waals surface area contributed by atoms with E-state index in [4.69, 9.17) is 0 Å². The summed E-state index contributed by atoms with van der Waals surface area (Å²) in [5.41, 5.74) is 0.265. The fourth-order valence-electron chi connectivity index (χ4n) is 2.32. The topological polar surface area (TPSA) is 24.4 Å². The van der Waals surface area contributed by atoms with Gasteiger partial charge in [0.2, 0.25) is 0 Å². The van der Waals surface area contributed by atoms with Crippen LogP contribution in [-0.4, -0.2) is 18.9 Å². The number of rotatable bonds is 8. The molecule has 1 aliphatic heterocycles. The molecule has 0 aromatic carbocycles. The van der Waals surface area contributed by atoms with E-state index in [0.717, 1.165) is 13.1 Å². The van der Waals surface area contributed by atoms with Gasteiger partial charge in [0, 0.05) is 12.0 Å². The average molecular weight is 224 g/mol. The molecule has 0 unspecified atom stereocenters. The van der Waals surface area contributed by atoms with Crippen LogP contribution in [0.4, 0.5) is 0 Å². The quantitative estimate of drug-likeness (QED) is 0.624. The Balaban J connectivity index is 2.11. The highest BCUT2D eigenvalue weighted by Gasteiger charge is 2.26. The Kier molecular flexibility index (Phi) is 5.86. The van der Waals surface area contributed by atoms with Gasteiger partial charge in [-0.15, -0.1) is 0 Å². The molecule has 0 atom stereocenters. The SMILES string of the molecule is CCCCCCCCC(C)(C)C1=NCCN1. The molecule has 0 fully saturated rings. The molecule has 0 bridgehead atoms. The summed E-state index contributed by atoms with van der Waals surface area (Å²) >= 11 is 0. The van der Waals surface area contributed by atoms with E-state index in [1.807, 2.05) is 0 Å². The van der Waals surface area contributed by atoms with Crippen molar-refractivity contribution in [2.24, 2.45) is 10.4 Å². The zero-order valence-electron chi connectivity index (χ0n) is 11.3. The van der Waals surface area contributed by atoms with Crippen molar-refractivity contribution in [3.8, 4) is 0 Å². The van der Waals surface area contributed by atoms with Gasteiger partial charge in [-0.3, -0.25) is 4.99 Å². The van der Waals surface area contributed by atoms with Crippen LogP contribution in [0.5, 0.6) is 0 Å². The van der Waals surface area contributed by atoms with Crippen molar-refractivity contribution in [2.45, 2.75) is 65.7 Å². The van der Waals surface area contributed by atoms with Crippen LogP contribution < -0.4 is 5.32 Å². The lowest BCUT2D eigenvalue weighted by Crippen LogP contribution is -2.33. The summed E-state index contributed by atoms with van der Waals surface area (Å²) in [6.07, 6.45) is 9.56. The van der Waals surface area contributed by atoms with Crippen molar-refractivity contribution >= 4 is 5.84 Å². The molecule has 0 spiro atoms. The fraction of sp³-hybridized carbons (Fsp3) is 0.929. The molecule has 1 rings (SSSR count). The third-order valence-corrected chi connectivity index (χ3v) is 3.47. The van der Waals surface area contributed by atoms with Gasteiger partial charge in [0.15, 0.2) is 0 Å². The Hall–Kier alpha value is -0.530. The maximum atomic E-state index is 4.54. The molecule has 2 nitrogen and oxygen atoms in total. The maximum Gasteiger partial charge on any atom is 0.102 e. The Labute approximate surface area is 101 Å². The minimum atomic E-state index is 0.265. The number of aliphatic imine (C=N–C) groups is 1. The molecule has 0 aliphatic carbocycles. The van der Waals surface area contributed by atoms with Crippen LogP contribution in [0.1, 0.15) is 65.7 Å². The molecule has 0 saturated heterocycles. The predicted octanol–water partition coefficient (Wildman–Crippen LogP) is 3.76. The highest BCUT2D eigenvalue weighted by molar-refractivity contribution is 5.88. The Morgan fingerprint density at radius 2 is 1.81 bits per heavy atom. The first-order chi connectivity index (χ1) is 7.67. The summed E-state index contributed by atoms with van der Waals surface area (Å²) in [7, 11) is 0. The van der Waals surface area contributed by atoms with Crippen LogP contribution in [0, 0.1) is 5.41 Å². The van der Waals surface area contributed by atoms with Crippen LogP contribution in [0.15, 0.2) is 4.99 Å². The molecule has 16 heavy (non-hydrogen) atoms. The highest BCUT2D eigenvalue weighted by atomic mass is 15.1. The van der Waals surface area contributed by atoms with Gasteiger partial charge in [0.05, 0.1) is 6.54 Å². The van der Waals surface area contributed by atoms with E-state index < -0.39 is 0 Å². The zero-order chi connectivity index (χ0) is 11.9. The van der Waals surface area contributed by atoms with Crippen molar-refractivity contribution in [1.82, 2.24) is 5.32 Å². The summed E-state index contributed by atoms with van der Waals surface area (Å²) in [5.74, 6) is 1.24. The average Bonchev–Trinajstić information content (AvgIpc) is 2.77. The lowest BCUT2D eigenvalue weighted by Gasteiger charge is -2.25. The van der Waals surface area contributed by atoms with E-state index >= 15 is 0 Å². The molecule has 1 heterocycles. The number of nitrogens with one attached hydrogen (secondary N) is 1. The number of hydrogen-bond acceptors (Lipinski definition) is 2. The van der Waals surface area contributed by atoms with E-state index in [-0.39, 0.29) is 5.41 Å². The molecule has 94 valence electrons. The molecule has 0 amide bonds. The van der Waals surface area contributed by atoms with Crippen molar-refractivity contribution in [3.05, 3.63) is 0 Å². The summed E-state index contributed by atoms with van der Waals surface area (Å²) < 4.78 is 0. The monoisotopic (exact) mass is 224 g/mol. The van der Waals surface area contributed by atoms with Crippen LogP contribution in [0.3, 0.4) is 0 Å². The first-order valence-corrected chi connectivity index (χ1v) is 6.95. The molecule has 2 heteroatoms. The van der Waals surface area contributed by atoms with Gasteiger partial charge in [-0.1, -0.05) is 59.3 Å². The zero-order valence-corrected chi connectivity index (χ0v) is 11.3. The maximum absolute atomic E-state index is 4.54. The summed E-state index contributed by atoms with van der Waals surface area (Å²) in [4.78, 5) is 4.54. The first-order valence-electron chi connectivity index (χ1n) is 6.95. The smallest absolute Gasteiger partial charge is 0.102 e. The van der Waals surface area contributed by atoms with Crippen LogP contribution in [0.25, 0.3) is 0 Å². The van der Waals surface area contributed by atoms with Crippen molar-refractivity contribution < 1.29 is 0 Å². The van der Waals surface area contributed by atoms with Crippen LogP contribution in [0.2, 0.25) is 0 Å². The summed E-state index contributed by atoms with van der Waals surface area (Å²) in [6, 6.07) is 0. The van der Waals surface area contributed by atoms with E-state index in [0.29, 0.717) is 0 Å².